The maximum Gasteiger partial charge on any atom is 0.256 e. The number of rotatable bonds is 5. The van der Waals surface area contributed by atoms with Crippen molar-refractivity contribution in [3.05, 3.63) is 46.5 Å². The lowest BCUT2D eigenvalue weighted by atomic mass is 10.1. The molecular weight excluding hydrogens is 346 g/mol. The number of hydrogen-bond acceptors (Lipinski definition) is 5. The van der Waals surface area contributed by atoms with Gasteiger partial charge in [-0.2, -0.15) is 0 Å². The molecule has 2 aliphatic rings. The molecule has 0 spiro atoms. The van der Waals surface area contributed by atoms with Crippen LogP contribution in [0.2, 0.25) is 0 Å². The smallest absolute Gasteiger partial charge is 0.256 e. The minimum atomic E-state index is -0.234. The predicted molar refractivity (Wildman–Crippen MR) is 97.5 cm³/mol. The Morgan fingerprint density at radius 2 is 2.19 bits per heavy atom. The first-order valence-corrected chi connectivity index (χ1v) is 9.28. The highest BCUT2D eigenvalue weighted by Crippen LogP contribution is 2.33. The van der Waals surface area contributed by atoms with Crippen molar-refractivity contribution in [1.82, 2.24) is 15.2 Å². The van der Waals surface area contributed by atoms with Gasteiger partial charge >= 0.3 is 0 Å². The van der Waals surface area contributed by atoms with E-state index in [9.17, 15) is 9.59 Å². The van der Waals surface area contributed by atoms with E-state index in [2.05, 4.69) is 10.3 Å². The standard InChI is InChI=1S/C20H23N3O4/c1-12-15(7-8-27-12)18(24)21-10-13-9-16-17(22-19(13)26-2)11-23(20(16)25)14-5-3-4-6-14/h7-9,14H,3-6,10-11H2,1-2H3,(H,21,24). The van der Waals surface area contributed by atoms with E-state index in [4.69, 9.17) is 9.15 Å². The lowest BCUT2D eigenvalue weighted by molar-refractivity contribution is 0.0706. The maximum atomic E-state index is 12.9. The van der Waals surface area contributed by atoms with E-state index in [0.717, 1.165) is 18.5 Å². The molecule has 4 rings (SSSR count). The minimum Gasteiger partial charge on any atom is -0.481 e. The number of nitrogens with one attached hydrogen (secondary N) is 1. The first-order chi connectivity index (χ1) is 13.1. The third-order valence-electron chi connectivity index (χ3n) is 5.45. The van der Waals surface area contributed by atoms with Gasteiger partial charge in [-0.1, -0.05) is 12.8 Å². The number of hydrogen-bond donors (Lipinski definition) is 1. The van der Waals surface area contributed by atoms with Gasteiger partial charge in [0.1, 0.15) is 5.76 Å². The van der Waals surface area contributed by atoms with Crippen LogP contribution < -0.4 is 10.1 Å². The average molecular weight is 369 g/mol. The van der Waals surface area contributed by atoms with Gasteiger partial charge in [0.05, 0.1) is 36.7 Å². The molecule has 0 bridgehead atoms. The Bertz CT molecular complexity index is 883. The fourth-order valence-electron chi connectivity index (χ4n) is 3.97. The summed E-state index contributed by atoms with van der Waals surface area (Å²) in [5, 5.41) is 2.85. The molecule has 1 fully saturated rings. The largest absolute Gasteiger partial charge is 0.481 e. The molecule has 27 heavy (non-hydrogen) atoms. The second-order valence-corrected chi connectivity index (χ2v) is 7.10. The van der Waals surface area contributed by atoms with Crippen LogP contribution >= 0.6 is 0 Å². The predicted octanol–water partition coefficient (Wildman–Crippen LogP) is 2.82. The molecular formula is C20H23N3O4. The number of fused-ring (bicyclic) bond motifs is 1. The molecule has 0 unspecified atom stereocenters. The van der Waals surface area contributed by atoms with Crippen molar-refractivity contribution in [2.24, 2.45) is 0 Å². The molecule has 7 heteroatoms. The molecule has 142 valence electrons. The zero-order chi connectivity index (χ0) is 19.0. The number of carbonyl (C=O) groups excluding carboxylic acids is 2. The van der Waals surface area contributed by atoms with Crippen LogP contribution in [0.3, 0.4) is 0 Å². The normalized spacial score (nSPS) is 16.7. The second-order valence-electron chi connectivity index (χ2n) is 7.10. The molecule has 1 saturated carbocycles. The Labute approximate surface area is 157 Å². The van der Waals surface area contributed by atoms with E-state index in [-0.39, 0.29) is 18.4 Å². The topological polar surface area (TPSA) is 84.7 Å². The summed E-state index contributed by atoms with van der Waals surface area (Å²) in [6.07, 6.45) is 5.95. The van der Waals surface area contributed by atoms with E-state index in [1.807, 2.05) is 4.90 Å². The molecule has 3 heterocycles. The fraction of sp³-hybridized carbons (Fsp3) is 0.450. The fourth-order valence-corrected chi connectivity index (χ4v) is 3.97. The first-order valence-electron chi connectivity index (χ1n) is 9.28. The summed E-state index contributed by atoms with van der Waals surface area (Å²) in [5.74, 6) is 0.806. The van der Waals surface area contributed by atoms with Gasteiger partial charge in [-0.3, -0.25) is 9.59 Å². The molecule has 0 radical (unpaired) electrons. The lowest BCUT2D eigenvalue weighted by Crippen LogP contribution is -2.33. The van der Waals surface area contributed by atoms with Crippen molar-refractivity contribution in [1.29, 1.82) is 0 Å². The maximum absolute atomic E-state index is 12.9. The number of nitrogens with zero attached hydrogens (tertiary/aromatic N) is 2. The van der Waals surface area contributed by atoms with E-state index in [1.165, 1.54) is 19.1 Å². The summed E-state index contributed by atoms with van der Waals surface area (Å²) in [5.41, 5.74) is 2.55. The summed E-state index contributed by atoms with van der Waals surface area (Å²) in [7, 11) is 1.55. The minimum absolute atomic E-state index is 0.0327. The number of carbonyl (C=O) groups is 2. The summed E-state index contributed by atoms with van der Waals surface area (Å²) in [6, 6.07) is 3.75. The number of amides is 2. The van der Waals surface area contributed by atoms with Gasteiger partial charge in [0.25, 0.3) is 11.8 Å². The molecule has 2 aromatic heterocycles. The molecule has 7 nitrogen and oxygen atoms in total. The van der Waals surface area contributed by atoms with Gasteiger partial charge in [0.15, 0.2) is 0 Å². The summed E-state index contributed by atoms with van der Waals surface area (Å²) >= 11 is 0. The Balaban J connectivity index is 1.54. The number of ether oxygens (including phenoxy) is 1. The van der Waals surface area contributed by atoms with Crippen molar-refractivity contribution < 1.29 is 18.7 Å². The Hall–Kier alpha value is -2.83. The second kappa shape index (κ2) is 7.06. The van der Waals surface area contributed by atoms with E-state index < -0.39 is 0 Å². The molecule has 2 amide bonds. The highest BCUT2D eigenvalue weighted by molar-refractivity contribution is 5.98. The van der Waals surface area contributed by atoms with Crippen molar-refractivity contribution in [2.75, 3.05) is 7.11 Å². The number of aryl methyl sites for hydroxylation is 1. The number of aromatic nitrogens is 1. The third-order valence-corrected chi connectivity index (χ3v) is 5.45. The highest BCUT2D eigenvalue weighted by atomic mass is 16.5. The summed E-state index contributed by atoms with van der Waals surface area (Å²) in [4.78, 5) is 31.6. The number of pyridine rings is 1. The molecule has 0 atom stereocenters. The van der Waals surface area contributed by atoms with Crippen LogP contribution in [0.25, 0.3) is 0 Å². The molecule has 0 saturated heterocycles. The van der Waals surface area contributed by atoms with Crippen LogP contribution in [0.1, 0.15) is 63.4 Å². The number of methoxy groups -OCH3 is 1. The van der Waals surface area contributed by atoms with Crippen LogP contribution in [0.4, 0.5) is 0 Å². The van der Waals surface area contributed by atoms with Crippen molar-refractivity contribution in [3.8, 4) is 5.88 Å². The van der Waals surface area contributed by atoms with Crippen LogP contribution in [0.5, 0.6) is 5.88 Å². The van der Waals surface area contributed by atoms with Gasteiger partial charge < -0.3 is 19.4 Å². The molecule has 1 aliphatic heterocycles. The van der Waals surface area contributed by atoms with E-state index in [1.54, 1.807) is 26.2 Å². The van der Waals surface area contributed by atoms with Crippen molar-refractivity contribution >= 4 is 11.8 Å². The Morgan fingerprint density at radius 3 is 2.85 bits per heavy atom. The van der Waals surface area contributed by atoms with Gasteiger partial charge in [0.2, 0.25) is 5.88 Å². The number of furan rings is 1. The summed E-state index contributed by atoms with van der Waals surface area (Å²) in [6.45, 7) is 2.50. The van der Waals surface area contributed by atoms with Gasteiger partial charge in [-0.15, -0.1) is 0 Å². The molecule has 1 aliphatic carbocycles. The Morgan fingerprint density at radius 1 is 1.41 bits per heavy atom. The van der Waals surface area contributed by atoms with Gasteiger partial charge in [-0.05, 0) is 31.9 Å². The third kappa shape index (κ3) is 3.18. The average Bonchev–Trinajstić information content (AvgIpc) is 3.40. The molecule has 0 aromatic carbocycles. The van der Waals surface area contributed by atoms with Crippen molar-refractivity contribution in [3.63, 3.8) is 0 Å². The molecule has 2 aromatic rings. The lowest BCUT2D eigenvalue weighted by Gasteiger charge is -2.22. The quantitative estimate of drug-likeness (QED) is 0.876. The zero-order valence-electron chi connectivity index (χ0n) is 15.6. The van der Waals surface area contributed by atoms with Crippen LogP contribution in [0, 0.1) is 6.92 Å². The van der Waals surface area contributed by atoms with E-state index in [0.29, 0.717) is 40.9 Å². The SMILES string of the molecule is COc1nc2c(cc1CNC(=O)c1ccoc1C)C(=O)N(C1CCCC1)C2. The highest BCUT2D eigenvalue weighted by Gasteiger charge is 2.35. The first kappa shape index (κ1) is 17.6. The van der Waals surface area contributed by atoms with Crippen LogP contribution in [-0.2, 0) is 13.1 Å². The summed E-state index contributed by atoms with van der Waals surface area (Å²) < 4.78 is 10.6. The van der Waals surface area contributed by atoms with Gasteiger partial charge in [0, 0.05) is 18.2 Å². The van der Waals surface area contributed by atoms with Gasteiger partial charge in [-0.25, -0.2) is 4.98 Å². The molecule has 1 N–H and O–H groups in total. The Kier molecular flexibility index (Phi) is 4.59. The van der Waals surface area contributed by atoms with Crippen LogP contribution in [-0.4, -0.2) is 34.8 Å². The van der Waals surface area contributed by atoms with E-state index >= 15 is 0 Å². The zero-order valence-corrected chi connectivity index (χ0v) is 15.6. The van der Waals surface area contributed by atoms with Crippen LogP contribution in [0.15, 0.2) is 22.8 Å². The monoisotopic (exact) mass is 369 g/mol. The van der Waals surface area contributed by atoms with Crippen molar-refractivity contribution in [2.45, 2.75) is 51.7 Å².